The highest BCUT2D eigenvalue weighted by Crippen LogP contribution is 2.41. The van der Waals surface area contributed by atoms with Gasteiger partial charge in [0.05, 0.1) is 24.7 Å². The summed E-state index contributed by atoms with van der Waals surface area (Å²) in [6.07, 6.45) is 3.87. The maximum atomic E-state index is 12.7. The Balaban J connectivity index is 2.18. The van der Waals surface area contributed by atoms with Gasteiger partial charge in [-0.3, -0.25) is 4.79 Å². The monoisotopic (exact) mass is 277 g/mol. The Bertz CT molecular complexity index is 427. The lowest BCUT2D eigenvalue weighted by atomic mass is 9.78. The first kappa shape index (κ1) is 15.0. The van der Waals surface area contributed by atoms with Gasteiger partial charge in [0.1, 0.15) is 0 Å². The topological polar surface area (TPSA) is 58.6 Å². The third-order valence-electron chi connectivity index (χ3n) is 4.14. The van der Waals surface area contributed by atoms with Gasteiger partial charge in [0.15, 0.2) is 0 Å². The van der Waals surface area contributed by atoms with Crippen molar-refractivity contribution in [3.05, 3.63) is 35.9 Å². The fraction of sp³-hybridized carbons (Fsp3) is 0.562. The third kappa shape index (κ3) is 3.02. The average molecular weight is 277 g/mol. The van der Waals surface area contributed by atoms with E-state index >= 15 is 0 Å². The second kappa shape index (κ2) is 6.86. The van der Waals surface area contributed by atoms with Crippen LogP contribution in [0.2, 0.25) is 0 Å². The molecule has 0 saturated heterocycles. The van der Waals surface area contributed by atoms with E-state index in [-0.39, 0.29) is 18.6 Å². The fourth-order valence-corrected chi connectivity index (χ4v) is 3.05. The molecule has 2 rings (SSSR count). The minimum atomic E-state index is -0.442. The molecule has 1 fully saturated rings. The number of hydrogen-bond acceptors (Lipinski definition) is 3. The lowest BCUT2D eigenvalue weighted by molar-refractivity contribution is -0.128. The molecule has 1 aromatic carbocycles. The standard InChI is InChI=1S/C16H23NO3/c1-20-12-14(11-18)17-15(19)16(9-5-6-10-16)13-7-3-2-4-8-13/h2-4,7-8,14,18H,5-6,9-12H2,1H3,(H,17,19). The summed E-state index contributed by atoms with van der Waals surface area (Å²) in [5.41, 5.74) is 0.631. The summed E-state index contributed by atoms with van der Waals surface area (Å²) in [5, 5.41) is 12.2. The van der Waals surface area contributed by atoms with Gasteiger partial charge in [0.2, 0.25) is 5.91 Å². The number of hydrogen-bond donors (Lipinski definition) is 2. The molecule has 0 aromatic heterocycles. The van der Waals surface area contributed by atoms with Gasteiger partial charge in [-0.1, -0.05) is 43.2 Å². The lowest BCUT2D eigenvalue weighted by Gasteiger charge is -2.30. The first-order valence-electron chi connectivity index (χ1n) is 7.19. The van der Waals surface area contributed by atoms with Crippen molar-refractivity contribution in [2.75, 3.05) is 20.3 Å². The van der Waals surface area contributed by atoms with E-state index in [1.165, 1.54) is 0 Å². The summed E-state index contributed by atoms with van der Waals surface area (Å²) >= 11 is 0. The Morgan fingerprint density at radius 3 is 2.55 bits per heavy atom. The maximum Gasteiger partial charge on any atom is 0.231 e. The third-order valence-corrected chi connectivity index (χ3v) is 4.14. The Labute approximate surface area is 120 Å². The number of aliphatic hydroxyl groups is 1. The van der Waals surface area contributed by atoms with E-state index in [0.717, 1.165) is 31.2 Å². The van der Waals surface area contributed by atoms with Gasteiger partial charge in [0, 0.05) is 7.11 Å². The minimum Gasteiger partial charge on any atom is -0.394 e. The highest BCUT2D eigenvalue weighted by atomic mass is 16.5. The zero-order valence-corrected chi connectivity index (χ0v) is 12.0. The summed E-state index contributed by atoms with van der Waals surface area (Å²) in [5.74, 6) is 0.0114. The summed E-state index contributed by atoms with van der Waals surface area (Å²) in [7, 11) is 1.57. The van der Waals surface area contributed by atoms with Gasteiger partial charge in [-0.15, -0.1) is 0 Å². The number of aliphatic hydroxyl groups excluding tert-OH is 1. The molecule has 1 aromatic rings. The van der Waals surface area contributed by atoms with Crippen LogP contribution in [0, 0.1) is 0 Å². The van der Waals surface area contributed by atoms with Crippen LogP contribution in [-0.2, 0) is 14.9 Å². The van der Waals surface area contributed by atoms with Crippen molar-refractivity contribution in [1.82, 2.24) is 5.32 Å². The molecule has 0 spiro atoms. The fourth-order valence-electron chi connectivity index (χ4n) is 3.05. The predicted molar refractivity (Wildman–Crippen MR) is 77.5 cm³/mol. The van der Waals surface area contributed by atoms with Crippen molar-refractivity contribution >= 4 is 5.91 Å². The molecule has 20 heavy (non-hydrogen) atoms. The molecule has 1 aliphatic rings. The number of nitrogens with one attached hydrogen (secondary N) is 1. The zero-order valence-electron chi connectivity index (χ0n) is 12.0. The van der Waals surface area contributed by atoms with Crippen LogP contribution in [0.1, 0.15) is 31.2 Å². The number of rotatable bonds is 6. The molecular formula is C16H23NO3. The van der Waals surface area contributed by atoms with E-state index in [1.54, 1.807) is 7.11 Å². The van der Waals surface area contributed by atoms with Crippen LogP contribution < -0.4 is 5.32 Å². The van der Waals surface area contributed by atoms with E-state index in [2.05, 4.69) is 5.32 Å². The quantitative estimate of drug-likeness (QED) is 0.831. The van der Waals surface area contributed by atoms with Crippen LogP contribution in [0.4, 0.5) is 0 Å². The van der Waals surface area contributed by atoms with Crippen molar-refractivity contribution in [2.45, 2.75) is 37.1 Å². The molecule has 1 amide bonds. The van der Waals surface area contributed by atoms with Gasteiger partial charge in [-0.2, -0.15) is 0 Å². The molecule has 1 atom stereocenters. The minimum absolute atomic E-state index is 0.0114. The van der Waals surface area contributed by atoms with Gasteiger partial charge in [-0.25, -0.2) is 0 Å². The van der Waals surface area contributed by atoms with Gasteiger partial charge in [0.25, 0.3) is 0 Å². The van der Waals surface area contributed by atoms with Crippen molar-refractivity contribution in [3.8, 4) is 0 Å². The second-order valence-electron chi connectivity index (χ2n) is 5.46. The van der Waals surface area contributed by atoms with Gasteiger partial charge < -0.3 is 15.2 Å². The Hall–Kier alpha value is -1.39. The number of ether oxygens (including phenoxy) is 1. The highest BCUT2D eigenvalue weighted by Gasteiger charge is 2.43. The normalized spacial score (nSPS) is 18.7. The summed E-state index contributed by atoms with van der Waals surface area (Å²) < 4.78 is 5.02. The van der Waals surface area contributed by atoms with E-state index in [0.29, 0.717) is 6.61 Å². The number of carbonyl (C=O) groups is 1. The number of benzene rings is 1. The first-order valence-corrected chi connectivity index (χ1v) is 7.19. The molecule has 4 nitrogen and oxygen atoms in total. The largest absolute Gasteiger partial charge is 0.394 e. The van der Waals surface area contributed by atoms with Crippen LogP contribution >= 0.6 is 0 Å². The number of methoxy groups -OCH3 is 1. The second-order valence-corrected chi connectivity index (χ2v) is 5.46. The first-order chi connectivity index (χ1) is 9.73. The van der Waals surface area contributed by atoms with Crippen LogP contribution in [0.3, 0.4) is 0 Å². The van der Waals surface area contributed by atoms with E-state index in [1.807, 2.05) is 30.3 Å². The zero-order chi connectivity index (χ0) is 14.4. The molecule has 0 heterocycles. The molecule has 4 heteroatoms. The molecule has 0 aliphatic heterocycles. The van der Waals surface area contributed by atoms with E-state index in [4.69, 9.17) is 4.74 Å². The molecule has 2 N–H and O–H groups in total. The Kier molecular flexibility index (Phi) is 5.15. The van der Waals surface area contributed by atoms with Gasteiger partial charge in [-0.05, 0) is 18.4 Å². The SMILES string of the molecule is COCC(CO)NC(=O)C1(c2ccccc2)CCCC1. The van der Waals surface area contributed by atoms with E-state index in [9.17, 15) is 9.90 Å². The molecule has 0 radical (unpaired) electrons. The van der Waals surface area contributed by atoms with Gasteiger partial charge >= 0.3 is 0 Å². The van der Waals surface area contributed by atoms with Crippen molar-refractivity contribution in [1.29, 1.82) is 0 Å². The average Bonchev–Trinajstić information content (AvgIpc) is 2.98. The molecule has 1 unspecified atom stereocenters. The Morgan fingerprint density at radius 1 is 1.35 bits per heavy atom. The Morgan fingerprint density at radius 2 is 2.00 bits per heavy atom. The van der Waals surface area contributed by atoms with Crippen LogP contribution in [0.15, 0.2) is 30.3 Å². The smallest absolute Gasteiger partial charge is 0.231 e. The number of carbonyl (C=O) groups excluding carboxylic acids is 1. The summed E-state index contributed by atoms with van der Waals surface area (Å²) in [6, 6.07) is 9.62. The number of amides is 1. The van der Waals surface area contributed by atoms with E-state index < -0.39 is 5.41 Å². The van der Waals surface area contributed by atoms with Crippen LogP contribution in [0.25, 0.3) is 0 Å². The summed E-state index contributed by atoms with van der Waals surface area (Å²) in [4.78, 5) is 12.7. The van der Waals surface area contributed by atoms with Crippen molar-refractivity contribution in [2.24, 2.45) is 0 Å². The maximum absolute atomic E-state index is 12.7. The summed E-state index contributed by atoms with van der Waals surface area (Å²) in [6.45, 7) is 0.220. The molecule has 0 bridgehead atoms. The molecule has 1 saturated carbocycles. The van der Waals surface area contributed by atoms with Crippen LogP contribution in [0.5, 0.6) is 0 Å². The van der Waals surface area contributed by atoms with Crippen LogP contribution in [-0.4, -0.2) is 37.4 Å². The molecule has 110 valence electrons. The molecular weight excluding hydrogens is 254 g/mol. The lowest BCUT2D eigenvalue weighted by Crippen LogP contribution is -2.49. The van der Waals surface area contributed by atoms with Crippen molar-refractivity contribution < 1.29 is 14.6 Å². The highest BCUT2D eigenvalue weighted by molar-refractivity contribution is 5.88. The predicted octanol–water partition coefficient (Wildman–Crippen LogP) is 1.62. The van der Waals surface area contributed by atoms with Crippen molar-refractivity contribution in [3.63, 3.8) is 0 Å². The molecule has 1 aliphatic carbocycles.